The number of nitrogens with one attached hydrogen (secondary N) is 2. The van der Waals surface area contributed by atoms with E-state index in [1.807, 2.05) is 17.5 Å². The number of thiazole rings is 1. The first-order chi connectivity index (χ1) is 12.7. The summed E-state index contributed by atoms with van der Waals surface area (Å²) in [5, 5.41) is 7.99. The highest BCUT2D eigenvalue weighted by atomic mass is 32.1. The van der Waals surface area contributed by atoms with E-state index in [2.05, 4.69) is 20.6 Å². The number of anilines is 1. The molecule has 8 heteroatoms. The number of nitrogens with zero attached hydrogens (tertiary/aromatic N) is 2. The number of esters is 1. The Morgan fingerprint density at radius 3 is 2.85 bits per heavy atom. The fourth-order valence-electron chi connectivity index (χ4n) is 2.30. The van der Waals surface area contributed by atoms with Gasteiger partial charge in [-0.15, -0.1) is 11.3 Å². The van der Waals surface area contributed by atoms with E-state index < -0.39 is 0 Å². The average molecular weight is 376 g/mol. The number of carbonyl (C=O) groups is 2. The Balaban J connectivity index is 1.58. The molecule has 0 bridgehead atoms. The van der Waals surface area contributed by atoms with Gasteiger partial charge in [-0.3, -0.25) is 15.1 Å². The van der Waals surface area contributed by atoms with Gasteiger partial charge in [-0.1, -0.05) is 12.8 Å². The Kier molecular flexibility index (Phi) is 8.54. The molecule has 0 radical (unpaired) electrons. The Morgan fingerprint density at radius 2 is 2.08 bits per heavy atom. The zero-order valence-electron chi connectivity index (χ0n) is 14.9. The summed E-state index contributed by atoms with van der Waals surface area (Å²) in [6, 6.07) is 3.51. The predicted molar refractivity (Wildman–Crippen MR) is 102 cm³/mol. The molecule has 26 heavy (non-hydrogen) atoms. The normalized spacial score (nSPS) is 10.3. The molecular weight excluding hydrogens is 352 g/mol. The van der Waals surface area contributed by atoms with Crippen molar-refractivity contribution in [3.8, 4) is 11.3 Å². The zero-order valence-corrected chi connectivity index (χ0v) is 15.7. The Bertz CT molecular complexity index is 691. The van der Waals surface area contributed by atoms with E-state index in [9.17, 15) is 9.59 Å². The number of rotatable bonds is 10. The number of hydrogen-bond acceptors (Lipinski definition) is 6. The van der Waals surface area contributed by atoms with Crippen molar-refractivity contribution in [3.05, 3.63) is 29.9 Å². The maximum absolute atomic E-state index is 11.9. The summed E-state index contributed by atoms with van der Waals surface area (Å²) in [5.74, 6) is -0.140. The van der Waals surface area contributed by atoms with Crippen LogP contribution in [-0.4, -0.2) is 35.1 Å². The third-order valence-electron chi connectivity index (χ3n) is 3.58. The van der Waals surface area contributed by atoms with Gasteiger partial charge in [-0.25, -0.2) is 9.78 Å². The predicted octanol–water partition coefficient (Wildman–Crippen LogP) is 3.84. The van der Waals surface area contributed by atoms with Crippen molar-refractivity contribution in [1.29, 1.82) is 0 Å². The van der Waals surface area contributed by atoms with E-state index in [4.69, 9.17) is 4.74 Å². The summed E-state index contributed by atoms with van der Waals surface area (Å²) in [6.07, 6.45) is 7.51. The van der Waals surface area contributed by atoms with Gasteiger partial charge in [0.15, 0.2) is 5.13 Å². The molecule has 0 saturated carbocycles. The Morgan fingerprint density at radius 1 is 1.23 bits per heavy atom. The summed E-state index contributed by atoms with van der Waals surface area (Å²) < 4.78 is 4.87. The highest BCUT2D eigenvalue weighted by Crippen LogP contribution is 2.23. The Labute approximate surface area is 157 Å². The number of pyridine rings is 1. The molecule has 0 aromatic carbocycles. The van der Waals surface area contributed by atoms with Crippen LogP contribution in [-0.2, 0) is 9.53 Å². The first kappa shape index (κ1) is 19.8. The van der Waals surface area contributed by atoms with E-state index in [1.165, 1.54) is 11.3 Å². The molecule has 2 aromatic rings. The number of amides is 2. The molecular formula is C18H24N4O3S. The molecule has 0 saturated heterocycles. The molecule has 0 fully saturated rings. The highest BCUT2D eigenvalue weighted by Gasteiger charge is 2.07. The van der Waals surface area contributed by atoms with Crippen LogP contribution in [0.25, 0.3) is 11.3 Å². The topological polar surface area (TPSA) is 93.2 Å². The molecule has 0 aliphatic heterocycles. The largest absolute Gasteiger partial charge is 0.466 e. The van der Waals surface area contributed by atoms with E-state index in [0.29, 0.717) is 24.7 Å². The zero-order chi connectivity index (χ0) is 18.6. The number of ether oxygens (including phenoxy) is 1. The van der Waals surface area contributed by atoms with Crippen LogP contribution in [0.4, 0.5) is 9.93 Å². The monoisotopic (exact) mass is 376 g/mol. The summed E-state index contributed by atoms with van der Waals surface area (Å²) in [5.41, 5.74) is 1.71. The maximum Gasteiger partial charge on any atom is 0.321 e. The maximum atomic E-state index is 11.9. The van der Waals surface area contributed by atoms with Crippen molar-refractivity contribution >= 4 is 28.5 Å². The number of aromatic nitrogens is 2. The van der Waals surface area contributed by atoms with Gasteiger partial charge < -0.3 is 10.1 Å². The van der Waals surface area contributed by atoms with E-state index in [1.54, 1.807) is 19.3 Å². The molecule has 140 valence electrons. The molecule has 0 aliphatic rings. The van der Waals surface area contributed by atoms with Crippen LogP contribution in [0.1, 0.15) is 39.0 Å². The summed E-state index contributed by atoms with van der Waals surface area (Å²) in [7, 11) is 0. The van der Waals surface area contributed by atoms with Crippen LogP contribution >= 0.6 is 11.3 Å². The lowest BCUT2D eigenvalue weighted by Gasteiger charge is -2.05. The molecule has 2 rings (SSSR count). The number of carbonyl (C=O) groups excluding carboxylic acids is 2. The van der Waals surface area contributed by atoms with Crippen LogP contribution in [0, 0.1) is 0 Å². The average Bonchev–Trinajstić information content (AvgIpc) is 3.10. The van der Waals surface area contributed by atoms with E-state index in [-0.39, 0.29) is 12.0 Å². The second-order valence-corrected chi connectivity index (χ2v) is 6.49. The number of unbranched alkanes of at least 4 members (excludes halogenated alkanes) is 3. The van der Waals surface area contributed by atoms with Gasteiger partial charge in [0, 0.05) is 36.3 Å². The van der Waals surface area contributed by atoms with Crippen LogP contribution in [0.3, 0.4) is 0 Å². The van der Waals surface area contributed by atoms with Gasteiger partial charge in [0.25, 0.3) is 0 Å². The number of urea groups is 1. The molecule has 2 heterocycles. The van der Waals surface area contributed by atoms with Crippen molar-refractivity contribution in [2.24, 2.45) is 0 Å². The molecule has 0 aliphatic carbocycles. The summed E-state index contributed by atoms with van der Waals surface area (Å²) in [4.78, 5) is 31.5. The third kappa shape index (κ3) is 7.18. The number of hydrogen-bond donors (Lipinski definition) is 2. The van der Waals surface area contributed by atoms with Gasteiger partial charge >= 0.3 is 12.0 Å². The lowest BCUT2D eigenvalue weighted by molar-refractivity contribution is -0.143. The van der Waals surface area contributed by atoms with Crippen LogP contribution in [0.15, 0.2) is 29.9 Å². The molecule has 0 unspecified atom stereocenters. The summed E-state index contributed by atoms with van der Waals surface area (Å²) in [6.45, 7) is 2.83. The van der Waals surface area contributed by atoms with Gasteiger partial charge in [-0.2, -0.15) is 0 Å². The van der Waals surface area contributed by atoms with Gasteiger partial charge in [0.1, 0.15) is 0 Å². The lowest BCUT2D eigenvalue weighted by Crippen LogP contribution is -2.29. The second kappa shape index (κ2) is 11.2. The fourth-order valence-corrected chi connectivity index (χ4v) is 3.02. The minimum absolute atomic E-state index is 0.140. The van der Waals surface area contributed by atoms with E-state index in [0.717, 1.165) is 36.9 Å². The Hall–Kier alpha value is -2.48. The SMILES string of the molecule is CCOC(=O)CCCCCCNC(=O)Nc1nc(-c2cccnc2)cs1. The van der Waals surface area contributed by atoms with Crippen LogP contribution in [0.5, 0.6) is 0 Å². The molecule has 0 atom stereocenters. The molecule has 0 spiro atoms. The quantitative estimate of drug-likeness (QED) is 0.485. The van der Waals surface area contributed by atoms with Gasteiger partial charge in [0.05, 0.1) is 12.3 Å². The minimum atomic E-state index is -0.261. The van der Waals surface area contributed by atoms with Crippen molar-refractivity contribution in [1.82, 2.24) is 15.3 Å². The standard InChI is InChI=1S/C18H24N4O3S/c1-2-25-16(23)9-5-3-4-6-11-20-17(24)22-18-21-15(13-26-18)14-8-7-10-19-12-14/h7-8,10,12-13H,2-6,9,11H2,1H3,(H2,20,21,22,24). The van der Waals surface area contributed by atoms with Crippen molar-refractivity contribution in [2.75, 3.05) is 18.5 Å². The van der Waals surface area contributed by atoms with Crippen molar-refractivity contribution in [2.45, 2.75) is 39.0 Å². The summed E-state index contributed by atoms with van der Waals surface area (Å²) >= 11 is 1.38. The fraction of sp³-hybridized carbons (Fsp3) is 0.444. The van der Waals surface area contributed by atoms with Crippen LogP contribution in [0.2, 0.25) is 0 Å². The third-order valence-corrected chi connectivity index (χ3v) is 4.34. The van der Waals surface area contributed by atoms with Gasteiger partial charge in [0.2, 0.25) is 0 Å². The second-order valence-electron chi connectivity index (χ2n) is 5.63. The first-order valence-corrected chi connectivity index (χ1v) is 9.63. The highest BCUT2D eigenvalue weighted by molar-refractivity contribution is 7.14. The lowest BCUT2D eigenvalue weighted by atomic mass is 10.1. The molecule has 2 amide bonds. The molecule has 7 nitrogen and oxygen atoms in total. The molecule has 2 N–H and O–H groups in total. The molecule has 2 aromatic heterocycles. The van der Waals surface area contributed by atoms with Crippen molar-refractivity contribution < 1.29 is 14.3 Å². The van der Waals surface area contributed by atoms with Gasteiger partial charge in [-0.05, 0) is 31.9 Å². The van der Waals surface area contributed by atoms with Crippen molar-refractivity contribution in [3.63, 3.8) is 0 Å². The van der Waals surface area contributed by atoms with Crippen LogP contribution < -0.4 is 10.6 Å². The minimum Gasteiger partial charge on any atom is -0.466 e. The first-order valence-electron chi connectivity index (χ1n) is 8.75. The smallest absolute Gasteiger partial charge is 0.321 e. The van der Waals surface area contributed by atoms with E-state index >= 15 is 0 Å².